The number of aliphatic imine (C=N–C) groups is 1. The molecule has 9 heteroatoms. The van der Waals surface area contributed by atoms with Crippen molar-refractivity contribution in [2.75, 3.05) is 39.6 Å². The van der Waals surface area contributed by atoms with Gasteiger partial charge in [0.1, 0.15) is 11.4 Å². The molecule has 0 spiro atoms. The molecule has 0 radical (unpaired) electrons. The molecule has 1 rings (SSSR count). The first-order valence-electron chi connectivity index (χ1n) is 10.5. The number of carbonyl (C=O) groups is 1. The lowest BCUT2D eigenvalue weighted by Crippen LogP contribution is -2.45. The van der Waals surface area contributed by atoms with Gasteiger partial charge in [-0.2, -0.15) is 0 Å². The standard InChI is InChI=1S/C22H40N6O2.HI/c1-16(2)18(26-21(29)30-22(3,4)5)11-13-28(9)20(23-6)25-15-17-10-12-24-19(14-17)27(7)8;/h10,12,14,16,18H,11,13,15H2,1-9H3,(H,23,25)(H,26,29);1H. The minimum absolute atomic E-state index is 0. The van der Waals surface area contributed by atoms with Gasteiger partial charge in [-0.15, -0.1) is 24.0 Å². The zero-order chi connectivity index (χ0) is 22.9. The van der Waals surface area contributed by atoms with Crippen LogP contribution in [0.5, 0.6) is 0 Å². The van der Waals surface area contributed by atoms with Crippen molar-refractivity contribution in [3.63, 3.8) is 0 Å². The molecule has 0 aromatic carbocycles. The van der Waals surface area contributed by atoms with Crippen LogP contribution < -0.4 is 15.5 Å². The Balaban J connectivity index is 0.00000900. The minimum Gasteiger partial charge on any atom is -0.444 e. The van der Waals surface area contributed by atoms with E-state index in [-0.39, 0.29) is 36.1 Å². The first kappa shape index (κ1) is 29.2. The van der Waals surface area contributed by atoms with Crippen LogP contribution in [-0.4, -0.2) is 68.3 Å². The van der Waals surface area contributed by atoms with Crippen molar-refractivity contribution < 1.29 is 9.53 Å². The van der Waals surface area contributed by atoms with Crippen molar-refractivity contribution >= 4 is 41.8 Å². The van der Waals surface area contributed by atoms with Gasteiger partial charge >= 0.3 is 6.09 Å². The van der Waals surface area contributed by atoms with Gasteiger partial charge < -0.3 is 25.2 Å². The third-order valence-electron chi connectivity index (χ3n) is 4.57. The summed E-state index contributed by atoms with van der Waals surface area (Å²) in [7, 11) is 7.72. The quantitative estimate of drug-likeness (QED) is 0.293. The summed E-state index contributed by atoms with van der Waals surface area (Å²) in [6, 6.07) is 4.07. The second-order valence-corrected chi connectivity index (χ2v) is 9.02. The molecule has 1 amide bonds. The number of alkyl carbamates (subject to hydrolysis) is 1. The van der Waals surface area contributed by atoms with Crippen LogP contribution in [-0.2, 0) is 11.3 Å². The fourth-order valence-corrected chi connectivity index (χ4v) is 2.85. The Hall–Kier alpha value is -1.78. The van der Waals surface area contributed by atoms with Crippen molar-refractivity contribution in [3.8, 4) is 0 Å². The summed E-state index contributed by atoms with van der Waals surface area (Å²) in [4.78, 5) is 24.9. The monoisotopic (exact) mass is 548 g/mol. The molecule has 1 atom stereocenters. The molecule has 31 heavy (non-hydrogen) atoms. The number of halogens is 1. The predicted molar refractivity (Wildman–Crippen MR) is 139 cm³/mol. The summed E-state index contributed by atoms with van der Waals surface area (Å²) in [6.45, 7) is 11.2. The minimum atomic E-state index is -0.506. The van der Waals surface area contributed by atoms with Gasteiger partial charge in [-0.05, 0) is 50.8 Å². The summed E-state index contributed by atoms with van der Waals surface area (Å²) < 4.78 is 5.40. The van der Waals surface area contributed by atoms with Crippen LogP contribution in [0.25, 0.3) is 0 Å². The van der Waals surface area contributed by atoms with Gasteiger partial charge in [0.25, 0.3) is 0 Å². The molecule has 0 fully saturated rings. The molecule has 0 aliphatic carbocycles. The van der Waals surface area contributed by atoms with E-state index >= 15 is 0 Å². The Morgan fingerprint density at radius 3 is 2.42 bits per heavy atom. The highest BCUT2D eigenvalue weighted by Gasteiger charge is 2.22. The summed E-state index contributed by atoms with van der Waals surface area (Å²) in [5.41, 5.74) is 0.628. The normalized spacial score (nSPS) is 12.6. The smallest absolute Gasteiger partial charge is 0.407 e. The molecule has 1 heterocycles. The lowest BCUT2D eigenvalue weighted by molar-refractivity contribution is 0.0486. The van der Waals surface area contributed by atoms with Crippen LogP contribution in [0.4, 0.5) is 10.6 Å². The number of hydrogen-bond acceptors (Lipinski definition) is 5. The van der Waals surface area contributed by atoms with Crippen LogP contribution in [0.1, 0.15) is 46.6 Å². The molecule has 8 nitrogen and oxygen atoms in total. The summed E-state index contributed by atoms with van der Waals surface area (Å²) in [6.07, 6.45) is 2.23. The second kappa shape index (κ2) is 13.6. The number of rotatable bonds is 8. The van der Waals surface area contributed by atoms with E-state index in [1.807, 2.05) is 59.1 Å². The zero-order valence-corrected chi connectivity index (χ0v) is 22.9. The van der Waals surface area contributed by atoms with Crippen LogP contribution in [0.15, 0.2) is 23.3 Å². The molecule has 0 aliphatic heterocycles. The number of guanidine groups is 1. The zero-order valence-electron chi connectivity index (χ0n) is 20.5. The van der Waals surface area contributed by atoms with Crippen molar-refractivity contribution in [1.82, 2.24) is 20.5 Å². The van der Waals surface area contributed by atoms with E-state index in [0.717, 1.165) is 30.3 Å². The van der Waals surface area contributed by atoms with E-state index < -0.39 is 5.60 Å². The number of aromatic nitrogens is 1. The van der Waals surface area contributed by atoms with E-state index in [1.54, 1.807) is 7.05 Å². The molecular formula is C22H41IN6O2. The van der Waals surface area contributed by atoms with Crippen LogP contribution >= 0.6 is 24.0 Å². The third kappa shape index (κ3) is 11.4. The van der Waals surface area contributed by atoms with E-state index in [0.29, 0.717) is 12.5 Å². The maximum Gasteiger partial charge on any atom is 0.407 e. The largest absolute Gasteiger partial charge is 0.444 e. The fourth-order valence-electron chi connectivity index (χ4n) is 2.85. The Bertz CT molecular complexity index is 703. The van der Waals surface area contributed by atoms with Crippen LogP contribution in [0.2, 0.25) is 0 Å². The molecule has 0 saturated heterocycles. The topological polar surface area (TPSA) is 82.1 Å². The molecule has 0 saturated carbocycles. The maximum atomic E-state index is 12.2. The van der Waals surface area contributed by atoms with E-state index in [1.165, 1.54) is 0 Å². The highest BCUT2D eigenvalue weighted by molar-refractivity contribution is 14.0. The van der Waals surface area contributed by atoms with Gasteiger partial charge in [0, 0.05) is 53.5 Å². The van der Waals surface area contributed by atoms with Gasteiger partial charge in [-0.25, -0.2) is 9.78 Å². The lowest BCUT2D eigenvalue weighted by Gasteiger charge is -2.28. The van der Waals surface area contributed by atoms with E-state index in [2.05, 4.69) is 45.4 Å². The van der Waals surface area contributed by atoms with Crippen molar-refractivity contribution in [1.29, 1.82) is 0 Å². The number of nitrogens with one attached hydrogen (secondary N) is 2. The highest BCUT2D eigenvalue weighted by atomic mass is 127. The molecule has 1 unspecified atom stereocenters. The first-order chi connectivity index (χ1) is 13.9. The molecule has 178 valence electrons. The number of nitrogens with zero attached hydrogens (tertiary/aromatic N) is 4. The highest BCUT2D eigenvalue weighted by Crippen LogP contribution is 2.12. The fraction of sp³-hybridized carbons (Fsp3) is 0.682. The Morgan fingerprint density at radius 1 is 1.26 bits per heavy atom. The average Bonchev–Trinajstić information content (AvgIpc) is 2.64. The molecule has 0 aliphatic rings. The lowest BCUT2D eigenvalue weighted by atomic mass is 10.0. The number of pyridine rings is 1. The Kier molecular flexibility index (Phi) is 12.8. The Labute approximate surface area is 205 Å². The first-order valence-corrected chi connectivity index (χ1v) is 10.5. The predicted octanol–water partition coefficient (Wildman–Crippen LogP) is 3.71. The van der Waals surface area contributed by atoms with Gasteiger partial charge in [0.15, 0.2) is 5.96 Å². The number of amides is 1. The van der Waals surface area contributed by atoms with Gasteiger partial charge in [-0.3, -0.25) is 4.99 Å². The number of ether oxygens (including phenoxy) is 1. The molecule has 1 aromatic heterocycles. The van der Waals surface area contributed by atoms with Gasteiger partial charge in [0.05, 0.1) is 0 Å². The molecular weight excluding hydrogens is 507 g/mol. The molecule has 2 N–H and O–H groups in total. The SMILES string of the molecule is CN=C(NCc1ccnc(N(C)C)c1)N(C)CCC(NC(=O)OC(C)(C)C)C(C)C.I. The summed E-state index contributed by atoms with van der Waals surface area (Å²) in [5, 5.41) is 6.39. The summed E-state index contributed by atoms with van der Waals surface area (Å²) in [5.74, 6) is 2.02. The number of anilines is 1. The summed E-state index contributed by atoms with van der Waals surface area (Å²) >= 11 is 0. The number of hydrogen-bond donors (Lipinski definition) is 2. The van der Waals surface area contributed by atoms with E-state index in [4.69, 9.17) is 4.74 Å². The third-order valence-corrected chi connectivity index (χ3v) is 4.57. The van der Waals surface area contributed by atoms with E-state index in [9.17, 15) is 4.79 Å². The van der Waals surface area contributed by atoms with Crippen molar-refractivity contribution in [3.05, 3.63) is 23.9 Å². The van der Waals surface area contributed by atoms with Crippen LogP contribution in [0, 0.1) is 5.92 Å². The number of carbonyl (C=O) groups excluding carboxylic acids is 1. The van der Waals surface area contributed by atoms with Crippen molar-refractivity contribution in [2.45, 2.75) is 59.2 Å². The average molecular weight is 549 g/mol. The maximum absolute atomic E-state index is 12.2. The van der Waals surface area contributed by atoms with Gasteiger partial charge in [-0.1, -0.05) is 13.8 Å². The Morgan fingerprint density at radius 2 is 1.90 bits per heavy atom. The van der Waals surface area contributed by atoms with Gasteiger partial charge in [0.2, 0.25) is 0 Å². The van der Waals surface area contributed by atoms with Crippen molar-refractivity contribution in [2.24, 2.45) is 10.9 Å². The molecule has 1 aromatic rings. The second-order valence-electron chi connectivity index (χ2n) is 9.02. The van der Waals surface area contributed by atoms with Crippen LogP contribution in [0.3, 0.4) is 0 Å². The molecule has 0 bridgehead atoms.